The Labute approximate surface area is 261 Å². The molecule has 1 aliphatic rings. The Kier molecular flexibility index (Phi) is 12.9. The van der Waals surface area contributed by atoms with Crippen molar-refractivity contribution in [3.63, 3.8) is 0 Å². The van der Waals surface area contributed by atoms with Crippen LogP contribution in [-0.4, -0.2) is 91.4 Å². The zero-order valence-corrected chi connectivity index (χ0v) is 27.0. The molecule has 2 bridgehead atoms. The van der Waals surface area contributed by atoms with Gasteiger partial charge in [-0.25, -0.2) is 16.8 Å². The molecule has 240 valence electrons. The van der Waals surface area contributed by atoms with E-state index < -0.39 is 20.0 Å². The number of rotatable bonds is 4. The van der Waals surface area contributed by atoms with Crippen molar-refractivity contribution in [3.8, 4) is 0 Å². The summed E-state index contributed by atoms with van der Waals surface area (Å²) in [6, 6.07) is 20.8. The molecule has 3 aromatic carbocycles. The summed E-state index contributed by atoms with van der Waals surface area (Å²) in [7, 11) is -7.68. The number of nitrogens with zero attached hydrogens (tertiary/aromatic N) is 2. The molecule has 0 unspecified atom stereocenters. The zero-order chi connectivity index (χ0) is 31.4. The lowest BCUT2D eigenvalue weighted by molar-refractivity contribution is -0.00325. The van der Waals surface area contributed by atoms with Crippen LogP contribution in [0.2, 0.25) is 0 Å². The number of hydrogen-bond donors (Lipinski definition) is 0. The van der Waals surface area contributed by atoms with Crippen LogP contribution in [0.15, 0.2) is 82.6 Å². The van der Waals surface area contributed by atoms with Crippen molar-refractivity contribution < 1.29 is 35.8 Å². The Morgan fingerprint density at radius 3 is 1.20 bits per heavy atom. The summed E-state index contributed by atoms with van der Waals surface area (Å²) in [4.78, 5) is 0.395. The van der Waals surface area contributed by atoms with Crippen LogP contribution in [0, 0.1) is 13.8 Å². The van der Waals surface area contributed by atoms with Crippen LogP contribution >= 0.6 is 0 Å². The molecule has 0 N–H and O–H groups in total. The predicted octanol–water partition coefficient (Wildman–Crippen LogP) is 3.77. The first-order valence-electron chi connectivity index (χ1n) is 14.7. The third-order valence-electron chi connectivity index (χ3n) is 7.11. The van der Waals surface area contributed by atoms with Crippen LogP contribution in [0.3, 0.4) is 0 Å². The standard InChI is InChI=1S/C32H42N2O8S2/c1-27-6-10-31(11-7-27)43(35,36)33-14-16-39-18-20-41-22-23-42-21-19-40-17-15-34(26-30-5-3-4-29(24-30)25-33)44(37,38)32-12-8-28(2)9-13-32/h3-13,24H,14-23,25-26H2,1-2H3. The second-order valence-electron chi connectivity index (χ2n) is 10.6. The summed E-state index contributed by atoms with van der Waals surface area (Å²) in [5.41, 5.74) is 3.38. The maximum Gasteiger partial charge on any atom is 0.243 e. The normalized spacial score (nSPS) is 18.3. The van der Waals surface area contributed by atoms with Gasteiger partial charge in [0, 0.05) is 26.2 Å². The van der Waals surface area contributed by atoms with Crippen LogP contribution in [0.4, 0.5) is 0 Å². The molecule has 12 heteroatoms. The fourth-order valence-corrected chi connectivity index (χ4v) is 7.44. The van der Waals surface area contributed by atoms with E-state index in [9.17, 15) is 16.8 Å². The molecule has 4 rings (SSSR count). The number of hydrogen-bond acceptors (Lipinski definition) is 8. The minimum Gasteiger partial charge on any atom is -0.378 e. The van der Waals surface area contributed by atoms with Crippen LogP contribution in [0.25, 0.3) is 0 Å². The minimum atomic E-state index is -3.84. The summed E-state index contributed by atoms with van der Waals surface area (Å²) >= 11 is 0. The largest absolute Gasteiger partial charge is 0.378 e. The third-order valence-corrected chi connectivity index (χ3v) is 10.8. The molecule has 10 nitrogen and oxygen atoms in total. The first-order valence-corrected chi connectivity index (χ1v) is 17.6. The number of aryl methyl sites for hydroxylation is 2. The van der Waals surface area contributed by atoms with Gasteiger partial charge < -0.3 is 18.9 Å². The highest BCUT2D eigenvalue weighted by molar-refractivity contribution is 7.89. The Bertz CT molecular complexity index is 1420. The van der Waals surface area contributed by atoms with Gasteiger partial charge in [0.25, 0.3) is 0 Å². The summed E-state index contributed by atoms with van der Waals surface area (Å²) in [6.45, 7) is 6.76. The van der Waals surface area contributed by atoms with Crippen molar-refractivity contribution in [2.24, 2.45) is 0 Å². The number of fused-ring (bicyclic) bond motifs is 2. The summed E-state index contributed by atoms with van der Waals surface area (Å²) in [5, 5.41) is 0. The van der Waals surface area contributed by atoms with Gasteiger partial charge >= 0.3 is 0 Å². The average Bonchev–Trinajstić information content (AvgIpc) is 3.00. The van der Waals surface area contributed by atoms with E-state index in [0.717, 1.165) is 22.3 Å². The molecule has 0 aromatic heterocycles. The van der Waals surface area contributed by atoms with Crippen LogP contribution in [0.1, 0.15) is 22.3 Å². The maximum atomic E-state index is 13.7. The lowest BCUT2D eigenvalue weighted by atomic mass is 10.1. The fraction of sp³-hybridized carbons (Fsp3) is 0.438. The SMILES string of the molecule is Cc1ccc(S(=O)(=O)N2CCOCCOCCOCCOCCN(S(=O)(=O)c3ccc(C)cc3)Cc3cccc(c3)C2)cc1. The number of ether oxygens (including phenoxy) is 4. The Morgan fingerprint density at radius 1 is 0.500 bits per heavy atom. The molecule has 0 fully saturated rings. The summed E-state index contributed by atoms with van der Waals surface area (Å²) in [6.07, 6.45) is 0. The summed E-state index contributed by atoms with van der Waals surface area (Å²) < 4.78 is 80.1. The van der Waals surface area contributed by atoms with Crippen LogP contribution < -0.4 is 0 Å². The highest BCUT2D eigenvalue weighted by atomic mass is 32.2. The molecule has 0 radical (unpaired) electrons. The Hall–Kier alpha value is -2.68. The van der Waals surface area contributed by atoms with E-state index in [0.29, 0.717) is 39.6 Å². The molecular formula is C32H42N2O8S2. The van der Waals surface area contributed by atoms with Crippen molar-refractivity contribution in [2.45, 2.75) is 36.7 Å². The predicted molar refractivity (Wildman–Crippen MR) is 167 cm³/mol. The highest BCUT2D eigenvalue weighted by Crippen LogP contribution is 2.22. The van der Waals surface area contributed by atoms with E-state index in [2.05, 4.69) is 0 Å². The smallest absolute Gasteiger partial charge is 0.243 e. The fourth-order valence-electron chi connectivity index (χ4n) is 4.62. The van der Waals surface area contributed by atoms with Gasteiger partial charge in [-0.1, -0.05) is 59.7 Å². The minimum absolute atomic E-state index is 0.0923. The molecule has 0 amide bonds. The van der Waals surface area contributed by atoms with Gasteiger partial charge in [0.1, 0.15) is 0 Å². The topological polar surface area (TPSA) is 112 Å². The van der Waals surface area contributed by atoms with E-state index in [1.54, 1.807) is 48.5 Å². The van der Waals surface area contributed by atoms with Crippen molar-refractivity contribution >= 4 is 20.0 Å². The molecule has 1 heterocycles. The molecule has 1 aliphatic heterocycles. The lowest BCUT2D eigenvalue weighted by Crippen LogP contribution is -2.34. The average molecular weight is 647 g/mol. The van der Waals surface area contributed by atoms with Gasteiger partial charge in [0.2, 0.25) is 20.0 Å². The van der Waals surface area contributed by atoms with E-state index in [1.165, 1.54) is 8.61 Å². The van der Waals surface area contributed by atoms with Gasteiger partial charge in [-0.15, -0.1) is 0 Å². The van der Waals surface area contributed by atoms with Gasteiger partial charge in [-0.3, -0.25) is 0 Å². The molecule has 0 atom stereocenters. The Morgan fingerprint density at radius 2 is 0.841 bits per heavy atom. The van der Waals surface area contributed by atoms with Gasteiger partial charge in [0.15, 0.2) is 0 Å². The molecule has 0 aliphatic carbocycles. The molecule has 0 spiro atoms. The van der Waals surface area contributed by atoms with Gasteiger partial charge in [-0.2, -0.15) is 8.61 Å². The third kappa shape index (κ3) is 9.91. The van der Waals surface area contributed by atoms with Crippen molar-refractivity contribution in [2.75, 3.05) is 65.9 Å². The molecular weight excluding hydrogens is 604 g/mol. The van der Waals surface area contributed by atoms with Crippen molar-refractivity contribution in [1.82, 2.24) is 8.61 Å². The first kappa shape index (κ1) is 34.2. The summed E-state index contributed by atoms with van der Waals surface area (Å²) in [5.74, 6) is 0. The molecule has 0 saturated heterocycles. The molecule has 0 saturated carbocycles. The second-order valence-corrected chi connectivity index (χ2v) is 14.4. The first-order chi connectivity index (χ1) is 21.2. The van der Waals surface area contributed by atoms with Gasteiger partial charge in [0.05, 0.1) is 62.6 Å². The molecule has 3 aromatic rings. The quantitative estimate of drug-likeness (QED) is 0.422. The maximum absolute atomic E-state index is 13.7. The van der Waals surface area contributed by atoms with E-state index in [-0.39, 0.29) is 49.2 Å². The van der Waals surface area contributed by atoms with Crippen molar-refractivity contribution in [3.05, 3.63) is 95.1 Å². The Balaban J connectivity index is 1.61. The van der Waals surface area contributed by atoms with Crippen LogP contribution in [-0.2, 0) is 52.1 Å². The van der Waals surface area contributed by atoms with Crippen molar-refractivity contribution in [1.29, 1.82) is 0 Å². The van der Waals surface area contributed by atoms with E-state index >= 15 is 0 Å². The van der Waals surface area contributed by atoms with Gasteiger partial charge in [-0.05, 0) is 49.2 Å². The highest BCUT2D eigenvalue weighted by Gasteiger charge is 2.27. The molecule has 44 heavy (non-hydrogen) atoms. The zero-order valence-electron chi connectivity index (χ0n) is 25.4. The number of sulfonamides is 2. The van der Waals surface area contributed by atoms with E-state index in [1.807, 2.05) is 38.1 Å². The monoisotopic (exact) mass is 646 g/mol. The number of benzene rings is 3. The van der Waals surface area contributed by atoms with Crippen LogP contribution in [0.5, 0.6) is 0 Å². The lowest BCUT2D eigenvalue weighted by Gasteiger charge is -2.24. The second kappa shape index (κ2) is 16.6. The van der Waals surface area contributed by atoms with E-state index in [4.69, 9.17) is 18.9 Å².